The number of aromatic nitrogens is 3. The highest BCUT2D eigenvalue weighted by Crippen LogP contribution is 2.26. The van der Waals surface area contributed by atoms with Crippen molar-refractivity contribution in [3.63, 3.8) is 0 Å². The molecule has 0 bridgehead atoms. The third-order valence-corrected chi connectivity index (χ3v) is 6.65. The van der Waals surface area contributed by atoms with E-state index in [1.165, 1.54) is 16.8 Å². The van der Waals surface area contributed by atoms with Gasteiger partial charge in [0.25, 0.3) is 15.6 Å². The average Bonchev–Trinajstić information content (AvgIpc) is 3.08. The van der Waals surface area contributed by atoms with Crippen molar-refractivity contribution < 1.29 is 12.9 Å². The van der Waals surface area contributed by atoms with E-state index in [0.29, 0.717) is 44.7 Å². The van der Waals surface area contributed by atoms with Crippen molar-refractivity contribution in [2.75, 3.05) is 4.72 Å². The Kier molecular flexibility index (Phi) is 5.62. The molecule has 32 heavy (non-hydrogen) atoms. The highest BCUT2D eigenvalue weighted by Gasteiger charge is 2.20. The molecule has 0 atom stereocenters. The van der Waals surface area contributed by atoms with Gasteiger partial charge in [0.1, 0.15) is 11.4 Å². The van der Waals surface area contributed by atoms with Crippen molar-refractivity contribution in [2.45, 2.75) is 25.7 Å². The summed E-state index contributed by atoms with van der Waals surface area (Å²) in [5.41, 5.74) is 2.54. The van der Waals surface area contributed by atoms with Gasteiger partial charge in [-0.3, -0.25) is 9.52 Å². The van der Waals surface area contributed by atoms with E-state index in [0.717, 1.165) is 0 Å². The molecule has 0 saturated carbocycles. The first-order chi connectivity index (χ1) is 15.2. The van der Waals surface area contributed by atoms with E-state index in [4.69, 9.17) is 16.1 Å². The topological polar surface area (TPSA) is 107 Å². The lowest BCUT2D eigenvalue weighted by molar-refractivity contribution is 0.392. The average molecular weight is 471 g/mol. The molecule has 8 nitrogen and oxygen atoms in total. The number of nitrogens with zero attached hydrogens (tertiary/aromatic N) is 3. The predicted molar refractivity (Wildman–Crippen MR) is 122 cm³/mol. The molecule has 164 valence electrons. The number of halogens is 1. The van der Waals surface area contributed by atoms with Gasteiger partial charge in [0.05, 0.1) is 10.6 Å². The number of nitrogens with one attached hydrogen (secondary N) is 1. The maximum absolute atomic E-state index is 13.0. The second kappa shape index (κ2) is 8.25. The van der Waals surface area contributed by atoms with E-state index in [9.17, 15) is 13.2 Å². The Hall–Kier alpha value is -3.43. The monoisotopic (exact) mass is 470 g/mol. The molecule has 0 unspecified atom stereocenters. The third-order valence-electron chi connectivity index (χ3n) is 4.88. The zero-order chi connectivity index (χ0) is 23.0. The summed E-state index contributed by atoms with van der Waals surface area (Å²) in [4.78, 5) is 12.5. The Morgan fingerprint density at radius 1 is 1.00 bits per heavy atom. The molecular weight excluding hydrogens is 452 g/mol. The molecule has 2 aromatic carbocycles. The normalized spacial score (nSPS) is 11.5. The molecule has 10 heteroatoms. The smallest absolute Gasteiger partial charge is 0.271 e. The van der Waals surface area contributed by atoms with E-state index in [2.05, 4.69) is 15.0 Å². The van der Waals surface area contributed by atoms with E-state index in [1.807, 2.05) is 0 Å². The molecule has 2 aromatic heterocycles. The molecule has 2 heterocycles. The van der Waals surface area contributed by atoms with Gasteiger partial charge in [-0.05, 0) is 62.7 Å². The number of hydrogen-bond acceptors (Lipinski definition) is 6. The van der Waals surface area contributed by atoms with Crippen LogP contribution in [0.2, 0.25) is 5.02 Å². The number of hydrogen-bond donors (Lipinski definition) is 1. The number of sulfonamides is 1. The maximum atomic E-state index is 13.0. The largest absolute Gasteiger partial charge is 0.359 e. The Bertz CT molecular complexity index is 1460. The summed E-state index contributed by atoms with van der Waals surface area (Å²) in [6.07, 6.45) is 0. The van der Waals surface area contributed by atoms with E-state index < -0.39 is 10.0 Å². The van der Waals surface area contributed by atoms with Crippen LogP contribution in [0.25, 0.3) is 16.9 Å². The lowest BCUT2D eigenvalue weighted by Gasteiger charge is -2.13. The van der Waals surface area contributed by atoms with Crippen molar-refractivity contribution in [1.82, 2.24) is 14.9 Å². The molecule has 0 amide bonds. The number of rotatable bonds is 5. The van der Waals surface area contributed by atoms with Crippen molar-refractivity contribution in [1.29, 1.82) is 0 Å². The molecule has 0 fully saturated rings. The number of benzene rings is 2. The highest BCUT2D eigenvalue weighted by atomic mass is 35.5. The van der Waals surface area contributed by atoms with Crippen molar-refractivity contribution in [3.05, 3.63) is 87.0 Å². The number of aryl methyl sites for hydroxylation is 3. The van der Waals surface area contributed by atoms with Crippen molar-refractivity contribution >= 4 is 27.3 Å². The van der Waals surface area contributed by atoms with Crippen LogP contribution >= 0.6 is 11.6 Å². The van der Waals surface area contributed by atoms with Gasteiger partial charge in [0.2, 0.25) is 0 Å². The van der Waals surface area contributed by atoms with Gasteiger partial charge in [0.15, 0.2) is 5.76 Å². The molecule has 1 N–H and O–H groups in total. The van der Waals surface area contributed by atoms with Gasteiger partial charge in [-0.25, -0.2) is 8.42 Å². The van der Waals surface area contributed by atoms with Crippen LogP contribution in [-0.4, -0.2) is 23.4 Å². The first-order valence-electron chi connectivity index (χ1n) is 9.59. The van der Waals surface area contributed by atoms with E-state index in [1.54, 1.807) is 63.2 Å². The van der Waals surface area contributed by atoms with Gasteiger partial charge in [-0.1, -0.05) is 28.9 Å². The molecule has 4 rings (SSSR count). The lowest BCUT2D eigenvalue weighted by Crippen LogP contribution is -2.21. The molecule has 0 radical (unpaired) electrons. The number of anilines is 1. The van der Waals surface area contributed by atoms with Crippen LogP contribution in [0.5, 0.6) is 0 Å². The SMILES string of the molecule is Cc1ccc(-c2ccc(=O)n(-c3c(C)noc3C)n2)cc1S(=O)(=O)Nc1ccc(Cl)cc1. The van der Waals surface area contributed by atoms with E-state index >= 15 is 0 Å². The fourth-order valence-electron chi connectivity index (χ4n) is 3.28. The lowest BCUT2D eigenvalue weighted by atomic mass is 10.1. The summed E-state index contributed by atoms with van der Waals surface area (Å²) >= 11 is 5.88. The Labute approximate surface area is 189 Å². The second-order valence-electron chi connectivity index (χ2n) is 7.23. The molecule has 0 aliphatic rings. The molecule has 0 spiro atoms. The summed E-state index contributed by atoms with van der Waals surface area (Å²) in [5, 5.41) is 8.80. The van der Waals surface area contributed by atoms with Gasteiger partial charge < -0.3 is 4.52 Å². The summed E-state index contributed by atoms with van der Waals surface area (Å²) in [5.74, 6) is 0.452. The first-order valence-corrected chi connectivity index (χ1v) is 11.4. The van der Waals surface area contributed by atoms with Gasteiger partial charge in [-0.15, -0.1) is 0 Å². The fourth-order valence-corrected chi connectivity index (χ4v) is 4.74. The molecular formula is C22H19ClN4O4S. The van der Waals surface area contributed by atoms with Crippen molar-refractivity contribution in [2.24, 2.45) is 0 Å². The van der Waals surface area contributed by atoms with Gasteiger partial charge >= 0.3 is 0 Å². The summed E-state index contributed by atoms with van der Waals surface area (Å²) in [7, 11) is -3.88. The summed E-state index contributed by atoms with van der Waals surface area (Å²) in [6.45, 7) is 5.11. The van der Waals surface area contributed by atoms with Crippen LogP contribution in [-0.2, 0) is 10.0 Å². The van der Waals surface area contributed by atoms with E-state index in [-0.39, 0.29) is 10.5 Å². The Morgan fingerprint density at radius 2 is 1.72 bits per heavy atom. The first kappa shape index (κ1) is 21.8. The molecule has 0 aliphatic heterocycles. The maximum Gasteiger partial charge on any atom is 0.271 e. The molecule has 4 aromatic rings. The minimum absolute atomic E-state index is 0.0989. The van der Waals surface area contributed by atoms with Crippen LogP contribution in [0.4, 0.5) is 5.69 Å². The van der Waals surface area contributed by atoms with Crippen LogP contribution in [0.15, 0.2) is 68.8 Å². The van der Waals surface area contributed by atoms with Gasteiger partial charge in [-0.2, -0.15) is 9.78 Å². The predicted octanol–water partition coefficient (Wildman–Crippen LogP) is 4.27. The zero-order valence-electron chi connectivity index (χ0n) is 17.5. The van der Waals surface area contributed by atoms with Crippen LogP contribution < -0.4 is 10.3 Å². The highest BCUT2D eigenvalue weighted by molar-refractivity contribution is 7.92. The Morgan fingerprint density at radius 3 is 2.38 bits per heavy atom. The van der Waals surface area contributed by atoms with Gasteiger partial charge in [0, 0.05) is 22.3 Å². The minimum atomic E-state index is -3.88. The molecule has 0 saturated heterocycles. The van der Waals surface area contributed by atoms with Crippen molar-refractivity contribution in [3.8, 4) is 16.9 Å². The third kappa shape index (κ3) is 4.17. The fraction of sp³-hybridized carbons (Fsp3) is 0.136. The summed E-state index contributed by atoms with van der Waals surface area (Å²) < 4.78 is 35.0. The zero-order valence-corrected chi connectivity index (χ0v) is 19.0. The van der Waals surface area contributed by atoms with Crippen LogP contribution in [0.1, 0.15) is 17.0 Å². The second-order valence-corrected chi connectivity index (χ2v) is 9.32. The quantitative estimate of drug-likeness (QED) is 0.466. The molecule has 0 aliphatic carbocycles. The minimum Gasteiger partial charge on any atom is -0.359 e. The standard InChI is InChI=1S/C22H19ClN4O4S/c1-13-4-5-16(12-20(13)32(29,30)26-18-8-6-17(23)7-9-18)19-10-11-21(28)27(24-19)22-14(2)25-31-15(22)3/h4-12,26H,1-3H3. The van der Waals surface area contributed by atoms with Crippen LogP contribution in [0, 0.1) is 20.8 Å². The summed E-state index contributed by atoms with van der Waals surface area (Å²) in [6, 6.07) is 14.3. The van der Waals surface area contributed by atoms with Crippen LogP contribution in [0.3, 0.4) is 0 Å². The Balaban J connectivity index is 1.77.